The molecule has 0 N–H and O–H groups in total. The number of cyclic esters (lactones) is 1. The van der Waals surface area contributed by atoms with Crippen molar-refractivity contribution in [1.82, 2.24) is 4.90 Å². The third-order valence-electron chi connectivity index (χ3n) is 2.54. The summed E-state index contributed by atoms with van der Waals surface area (Å²) >= 11 is 0. The lowest BCUT2D eigenvalue weighted by Gasteiger charge is -2.27. The lowest BCUT2D eigenvalue weighted by atomic mass is 10.00. The standard InChI is InChI=1S/C9H17NO2/c1-6(2)10-7(3)9(4,5)12-8(10)11/h6-7H,1-5H3/t7-/m0/s1. The minimum absolute atomic E-state index is 0.157. The van der Waals surface area contributed by atoms with Gasteiger partial charge in [0.15, 0.2) is 0 Å². The maximum Gasteiger partial charge on any atom is 0.410 e. The molecule has 0 aromatic carbocycles. The normalized spacial score (nSPS) is 28.0. The fourth-order valence-electron chi connectivity index (χ4n) is 1.51. The van der Waals surface area contributed by atoms with E-state index in [2.05, 4.69) is 0 Å². The molecule has 1 amide bonds. The zero-order valence-electron chi connectivity index (χ0n) is 8.42. The Bertz CT molecular complexity index is 199. The molecule has 0 bridgehead atoms. The van der Waals surface area contributed by atoms with Gasteiger partial charge in [0.05, 0.1) is 6.04 Å². The number of nitrogens with zero attached hydrogens (tertiary/aromatic N) is 1. The van der Waals surface area contributed by atoms with E-state index in [4.69, 9.17) is 4.74 Å². The van der Waals surface area contributed by atoms with E-state index >= 15 is 0 Å². The predicted molar refractivity (Wildman–Crippen MR) is 47.0 cm³/mol. The van der Waals surface area contributed by atoms with Crippen molar-refractivity contribution in [2.24, 2.45) is 0 Å². The highest BCUT2D eigenvalue weighted by Crippen LogP contribution is 2.30. The van der Waals surface area contributed by atoms with Gasteiger partial charge in [-0.25, -0.2) is 4.79 Å². The van der Waals surface area contributed by atoms with Crippen molar-refractivity contribution in [3.8, 4) is 0 Å². The maximum atomic E-state index is 11.3. The second-order valence-electron chi connectivity index (χ2n) is 4.15. The molecule has 0 saturated carbocycles. The average Bonchev–Trinajstić information content (AvgIpc) is 2.02. The van der Waals surface area contributed by atoms with Crippen LogP contribution in [0.3, 0.4) is 0 Å². The van der Waals surface area contributed by atoms with Crippen LogP contribution in [0.4, 0.5) is 4.79 Å². The van der Waals surface area contributed by atoms with Gasteiger partial charge in [-0.15, -0.1) is 0 Å². The van der Waals surface area contributed by atoms with Crippen LogP contribution in [0.1, 0.15) is 34.6 Å². The van der Waals surface area contributed by atoms with Crippen LogP contribution in [0, 0.1) is 0 Å². The van der Waals surface area contributed by atoms with Crippen molar-refractivity contribution in [3.63, 3.8) is 0 Å². The zero-order valence-corrected chi connectivity index (χ0v) is 8.42. The monoisotopic (exact) mass is 171 g/mol. The van der Waals surface area contributed by atoms with E-state index in [9.17, 15) is 4.79 Å². The molecule has 3 heteroatoms. The smallest absolute Gasteiger partial charge is 0.410 e. The first-order valence-electron chi connectivity index (χ1n) is 4.37. The molecule has 0 aromatic heterocycles. The zero-order chi connectivity index (χ0) is 9.52. The molecule has 1 fully saturated rings. The molecule has 1 heterocycles. The fourth-order valence-corrected chi connectivity index (χ4v) is 1.51. The molecule has 0 aliphatic carbocycles. The van der Waals surface area contributed by atoms with Crippen LogP contribution >= 0.6 is 0 Å². The minimum atomic E-state index is -0.346. The number of amides is 1. The van der Waals surface area contributed by atoms with E-state index in [1.54, 1.807) is 4.90 Å². The minimum Gasteiger partial charge on any atom is -0.441 e. The highest BCUT2D eigenvalue weighted by Gasteiger charge is 2.45. The third-order valence-corrected chi connectivity index (χ3v) is 2.54. The fraction of sp³-hybridized carbons (Fsp3) is 0.889. The van der Waals surface area contributed by atoms with Crippen molar-refractivity contribution >= 4 is 6.09 Å². The van der Waals surface area contributed by atoms with Gasteiger partial charge in [0.25, 0.3) is 0 Å². The molecule has 12 heavy (non-hydrogen) atoms. The number of hydrogen-bond donors (Lipinski definition) is 0. The van der Waals surface area contributed by atoms with E-state index in [-0.39, 0.29) is 23.8 Å². The van der Waals surface area contributed by atoms with Gasteiger partial charge in [-0.3, -0.25) is 4.90 Å². The van der Waals surface area contributed by atoms with E-state index in [1.807, 2.05) is 34.6 Å². The van der Waals surface area contributed by atoms with Crippen molar-refractivity contribution in [3.05, 3.63) is 0 Å². The van der Waals surface area contributed by atoms with Gasteiger partial charge in [-0.1, -0.05) is 0 Å². The molecule has 0 aromatic rings. The summed E-state index contributed by atoms with van der Waals surface area (Å²) in [6.45, 7) is 9.90. The quantitative estimate of drug-likeness (QED) is 0.604. The van der Waals surface area contributed by atoms with Crippen LogP contribution < -0.4 is 0 Å². The van der Waals surface area contributed by atoms with E-state index < -0.39 is 0 Å². The lowest BCUT2D eigenvalue weighted by Crippen LogP contribution is -2.42. The van der Waals surface area contributed by atoms with Crippen LogP contribution in [-0.4, -0.2) is 28.7 Å². The molecule has 1 atom stereocenters. The molecular formula is C9H17NO2. The summed E-state index contributed by atoms with van der Waals surface area (Å²) in [6.07, 6.45) is -0.192. The van der Waals surface area contributed by atoms with Crippen LogP contribution in [-0.2, 0) is 4.74 Å². The van der Waals surface area contributed by atoms with Crippen LogP contribution in [0.2, 0.25) is 0 Å². The Morgan fingerprint density at radius 2 is 2.00 bits per heavy atom. The molecular weight excluding hydrogens is 154 g/mol. The highest BCUT2D eigenvalue weighted by atomic mass is 16.6. The van der Waals surface area contributed by atoms with Crippen LogP contribution in [0.15, 0.2) is 0 Å². The molecule has 1 aliphatic rings. The van der Waals surface area contributed by atoms with Gasteiger partial charge in [0.2, 0.25) is 0 Å². The highest BCUT2D eigenvalue weighted by molar-refractivity contribution is 5.71. The number of carbonyl (C=O) groups is 1. The molecule has 0 spiro atoms. The first-order valence-corrected chi connectivity index (χ1v) is 4.37. The Morgan fingerprint density at radius 1 is 1.50 bits per heavy atom. The summed E-state index contributed by atoms with van der Waals surface area (Å²) in [4.78, 5) is 13.1. The van der Waals surface area contributed by atoms with Gasteiger partial charge in [0.1, 0.15) is 5.60 Å². The first kappa shape index (κ1) is 9.36. The average molecular weight is 171 g/mol. The van der Waals surface area contributed by atoms with Gasteiger partial charge < -0.3 is 4.74 Å². The third kappa shape index (κ3) is 1.28. The van der Waals surface area contributed by atoms with E-state index in [0.29, 0.717) is 0 Å². The van der Waals surface area contributed by atoms with E-state index in [0.717, 1.165) is 0 Å². The van der Waals surface area contributed by atoms with Crippen LogP contribution in [0.25, 0.3) is 0 Å². The molecule has 1 saturated heterocycles. The lowest BCUT2D eigenvalue weighted by molar-refractivity contribution is 0.0713. The van der Waals surface area contributed by atoms with Crippen molar-refractivity contribution in [2.75, 3.05) is 0 Å². The Balaban J connectivity index is 2.85. The largest absolute Gasteiger partial charge is 0.441 e. The Morgan fingerprint density at radius 3 is 2.17 bits per heavy atom. The van der Waals surface area contributed by atoms with Crippen molar-refractivity contribution < 1.29 is 9.53 Å². The topological polar surface area (TPSA) is 29.5 Å². The molecule has 0 radical (unpaired) electrons. The summed E-state index contributed by atoms with van der Waals surface area (Å²) < 4.78 is 5.22. The Kier molecular flexibility index (Phi) is 2.06. The maximum absolute atomic E-state index is 11.3. The summed E-state index contributed by atoms with van der Waals surface area (Å²) in [5.41, 5.74) is -0.346. The molecule has 70 valence electrons. The van der Waals surface area contributed by atoms with Crippen molar-refractivity contribution in [1.29, 1.82) is 0 Å². The predicted octanol–water partition coefficient (Wildman–Crippen LogP) is 2.01. The summed E-state index contributed by atoms with van der Waals surface area (Å²) in [5, 5.41) is 0. The molecule has 3 nitrogen and oxygen atoms in total. The van der Waals surface area contributed by atoms with E-state index in [1.165, 1.54) is 0 Å². The molecule has 1 rings (SSSR count). The van der Waals surface area contributed by atoms with Gasteiger partial charge in [0, 0.05) is 6.04 Å². The molecule has 1 aliphatic heterocycles. The SMILES string of the molecule is CC(C)N1C(=O)OC(C)(C)[C@@H]1C. The van der Waals surface area contributed by atoms with Gasteiger partial charge >= 0.3 is 6.09 Å². The molecule has 0 unspecified atom stereocenters. The second-order valence-corrected chi connectivity index (χ2v) is 4.15. The number of hydrogen-bond acceptors (Lipinski definition) is 2. The second kappa shape index (κ2) is 2.64. The first-order chi connectivity index (χ1) is 5.36. The number of rotatable bonds is 1. The van der Waals surface area contributed by atoms with Crippen LogP contribution in [0.5, 0.6) is 0 Å². The summed E-state index contributed by atoms with van der Waals surface area (Å²) in [6, 6.07) is 0.374. The number of carbonyl (C=O) groups excluding carboxylic acids is 1. The Hall–Kier alpha value is -0.730. The number of ether oxygens (including phenoxy) is 1. The summed E-state index contributed by atoms with van der Waals surface area (Å²) in [5.74, 6) is 0. The van der Waals surface area contributed by atoms with Gasteiger partial charge in [-0.2, -0.15) is 0 Å². The van der Waals surface area contributed by atoms with Gasteiger partial charge in [-0.05, 0) is 34.6 Å². The Labute approximate surface area is 73.7 Å². The summed E-state index contributed by atoms with van der Waals surface area (Å²) in [7, 11) is 0. The van der Waals surface area contributed by atoms with Crippen molar-refractivity contribution in [2.45, 2.75) is 52.3 Å².